The number of carbonyl (C=O) groups excluding carboxylic acids is 2. The van der Waals surface area contributed by atoms with E-state index in [2.05, 4.69) is 10.9 Å². The Bertz CT molecular complexity index is 741. The predicted molar refractivity (Wildman–Crippen MR) is 83.8 cm³/mol. The SMILES string of the molecule is COc1ccc(CC(=O)NNC(=O)c2ccc(C(F)(F)F)cc2)cc1. The number of nitrogens with one attached hydrogen (secondary N) is 2. The summed E-state index contributed by atoms with van der Waals surface area (Å²) >= 11 is 0. The van der Waals surface area contributed by atoms with Crippen LogP contribution in [0.15, 0.2) is 48.5 Å². The number of ether oxygens (including phenoxy) is 1. The molecule has 5 nitrogen and oxygen atoms in total. The van der Waals surface area contributed by atoms with E-state index in [9.17, 15) is 22.8 Å². The van der Waals surface area contributed by atoms with Crippen LogP contribution in [0.1, 0.15) is 21.5 Å². The lowest BCUT2D eigenvalue weighted by Gasteiger charge is -2.09. The number of benzene rings is 2. The Hall–Kier alpha value is -3.03. The molecule has 0 aromatic heterocycles. The van der Waals surface area contributed by atoms with Crippen LogP contribution in [0.25, 0.3) is 0 Å². The van der Waals surface area contributed by atoms with Crippen molar-refractivity contribution >= 4 is 11.8 Å². The van der Waals surface area contributed by atoms with Crippen LogP contribution in [-0.2, 0) is 17.4 Å². The number of carbonyl (C=O) groups is 2. The molecule has 2 aromatic carbocycles. The van der Waals surface area contributed by atoms with Gasteiger partial charge in [0, 0.05) is 5.56 Å². The van der Waals surface area contributed by atoms with Gasteiger partial charge in [0.15, 0.2) is 0 Å². The number of alkyl halides is 3. The highest BCUT2D eigenvalue weighted by Crippen LogP contribution is 2.29. The first-order chi connectivity index (χ1) is 11.8. The molecular weight excluding hydrogens is 337 g/mol. The molecule has 0 spiro atoms. The maximum Gasteiger partial charge on any atom is 0.416 e. The van der Waals surface area contributed by atoms with E-state index < -0.39 is 23.6 Å². The summed E-state index contributed by atoms with van der Waals surface area (Å²) in [4.78, 5) is 23.6. The first kappa shape index (κ1) is 18.3. The fourth-order valence-electron chi connectivity index (χ4n) is 1.98. The van der Waals surface area contributed by atoms with Gasteiger partial charge in [-0.2, -0.15) is 13.2 Å². The van der Waals surface area contributed by atoms with E-state index in [1.54, 1.807) is 24.3 Å². The molecule has 0 radical (unpaired) electrons. The average molecular weight is 352 g/mol. The summed E-state index contributed by atoms with van der Waals surface area (Å²) in [6.45, 7) is 0. The summed E-state index contributed by atoms with van der Waals surface area (Å²) in [6.07, 6.45) is -4.45. The molecule has 0 heterocycles. The van der Waals surface area contributed by atoms with Gasteiger partial charge in [0.1, 0.15) is 5.75 Å². The van der Waals surface area contributed by atoms with Crippen LogP contribution in [0.3, 0.4) is 0 Å². The fourth-order valence-corrected chi connectivity index (χ4v) is 1.98. The summed E-state index contributed by atoms with van der Waals surface area (Å²) in [5.41, 5.74) is 4.22. The van der Waals surface area contributed by atoms with Gasteiger partial charge in [0.25, 0.3) is 5.91 Å². The Morgan fingerprint density at radius 2 is 1.56 bits per heavy atom. The Kier molecular flexibility index (Phi) is 5.63. The quantitative estimate of drug-likeness (QED) is 0.832. The zero-order valence-corrected chi connectivity index (χ0v) is 13.2. The molecule has 132 valence electrons. The molecule has 8 heteroatoms. The Labute approximate surface area is 141 Å². The van der Waals surface area contributed by atoms with E-state index in [-0.39, 0.29) is 12.0 Å². The lowest BCUT2D eigenvalue weighted by molar-refractivity contribution is -0.137. The van der Waals surface area contributed by atoms with Gasteiger partial charge in [-0.25, -0.2) is 0 Å². The highest BCUT2D eigenvalue weighted by Gasteiger charge is 2.30. The minimum absolute atomic E-state index is 0.00209. The molecule has 25 heavy (non-hydrogen) atoms. The van der Waals surface area contributed by atoms with E-state index >= 15 is 0 Å². The number of halogens is 3. The molecule has 0 bridgehead atoms. The standard InChI is InChI=1S/C17H15F3N2O3/c1-25-14-8-2-11(3-9-14)10-15(23)21-22-16(24)12-4-6-13(7-5-12)17(18,19)20/h2-9H,10H2,1H3,(H,21,23)(H,22,24). The van der Waals surface area contributed by atoms with Crippen molar-refractivity contribution in [1.82, 2.24) is 10.9 Å². The molecule has 0 saturated heterocycles. The van der Waals surface area contributed by atoms with Crippen LogP contribution in [0.4, 0.5) is 13.2 Å². The molecule has 0 aliphatic heterocycles. The molecule has 0 aliphatic carbocycles. The smallest absolute Gasteiger partial charge is 0.416 e. The van der Waals surface area contributed by atoms with Crippen molar-refractivity contribution < 1.29 is 27.5 Å². The maximum absolute atomic E-state index is 12.5. The summed E-state index contributed by atoms with van der Waals surface area (Å²) < 4.78 is 42.4. The summed E-state index contributed by atoms with van der Waals surface area (Å²) in [7, 11) is 1.53. The van der Waals surface area contributed by atoms with Crippen molar-refractivity contribution in [2.24, 2.45) is 0 Å². The summed E-state index contributed by atoms with van der Waals surface area (Å²) in [5, 5.41) is 0. The molecule has 0 fully saturated rings. The number of hydrazine groups is 1. The van der Waals surface area contributed by atoms with E-state index in [1.807, 2.05) is 0 Å². The molecule has 0 atom stereocenters. The number of hydrogen-bond donors (Lipinski definition) is 2. The van der Waals surface area contributed by atoms with Gasteiger partial charge in [-0.3, -0.25) is 20.4 Å². The van der Waals surface area contributed by atoms with Gasteiger partial charge < -0.3 is 4.74 Å². The van der Waals surface area contributed by atoms with Crippen LogP contribution in [0, 0.1) is 0 Å². The van der Waals surface area contributed by atoms with Crippen molar-refractivity contribution in [3.8, 4) is 5.75 Å². The van der Waals surface area contributed by atoms with E-state index in [4.69, 9.17) is 4.74 Å². The normalized spacial score (nSPS) is 10.9. The molecule has 2 aromatic rings. The lowest BCUT2D eigenvalue weighted by atomic mass is 10.1. The third-order valence-electron chi connectivity index (χ3n) is 3.31. The topological polar surface area (TPSA) is 67.4 Å². The number of rotatable bonds is 4. The third kappa shape index (κ3) is 5.23. The number of amides is 2. The van der Waals surface area contributed by atoms with E-state index in [0.29, 0.717) is 11.3 Å². The molecule has 2 rings (SSSR count). The maximum atomic E-state index is 12.5. The first-order valence-corrected chi connectivity index (χ1v) is 7.19. The molecule has 0 unspecified atom stereocenters. The van der Waals surface area contributed by atoms with Crippen molar-refractivity contribution in [2.45, 2.75) is 12.6 Å². The Balaban J connectivity index is 1.87. The second-order valence-electron chi connectivity index (χ2n) is 5.10. The van der Waals surface area contributed by atoms with Gasteiger partial charge in [-0.15, -0.1) is 0 Å². The Morgan fingerprint density at radius 3 is 2.08 bits per heavy atom. The van der Waals surface area contributed by atoms with Gasteiger partial charge in [0.2, 0.25) is 5.91 Å². The van der Waals surface area contributed by atoms with Gasteiger partial charge >= 0.3 is 6.18 Å². The van der Waals surface area contributed by atoms with Crippen LogP contribution < -0.4 is 15.6 Å². The zero-order chi connectivity index (χ0) is 18.4. The van der Waals surface area contributed by atoms with Crippen molar-refractivity contribution in [1.29, 1.82) is 0 Å². The van der Waals surface area contributed by atoms with Crippen molar-refractivity contribution in [3.05, 3.63) is 65.2 Å². The van der Waals surface area contributed by atoms with Gasteiger partial charge in [-0.1, -0.05) is 12.1 Å². The van der Waals surface area contributed by atoms with Crippen LogP contribution in [0.2, 0.25) is 0 Å². The highest BCUT2D eigenvalue weighted by molar-refractivity contribution is 5.95. The van der Waals surface area contributed by atoms with Crippen LogP contribution in [0.5, 0.6) is 5.75 Å². The molecule has 2 N–H and O–H groups in total. The minimum Gasteiger partial charge on any atom is -0.497 e. The second kappa shape index (κ2) is 7.69. The summed E-state index contributed by atoms with van der Waals surface area (Å²) in [5.74, 6) is -0.526. The number of methoxy groups -OCH3 is 1. The van der Waals surface area contributed by atoms with Crippen LogP contribution >= 0.6 is 0 Å². The molecular formula is C17H15F3N2O3. The fraction of sp³-hybridized carbons (Fsp3) is 0.176. The Morgan fingerprint density at radius 1 is 0.960 bits per heavy atom. The molecule has 2 amide bonds. The van der Waals surface area contributed by atoms with E-state index in [0.717, 1.165) is 24.3 Å². The number of hydrogen-bond acceptors (Lipinski definition) is 3. The van der Waals surface area contributed by atoms with Gasteiger partial charge in [-0.05, 0) is 42.0 Å². The largest absolute Gasteiger partial charge is 0.497 e. The van der Waals surface area contributed by atoms with Gasteiger partial charge in [0.05, 0.1) is 19.1 Å². The lowest BCUT2D eigenvalue weighted by Crippen LogP contribution is -2.42. The second-order valence-corrected chi connectivity index (χ2v) is 5.10. The van der Waals surface area contributed by atoms with E-state index in [1.165, 1.54) is 7.11 Å². The summed E-state index contributed by atoms with van der Waals surface area (Å²) in [6, 6.07) is 10.5. The molecule has 0 aliphatic rings. The van der Waals surface area contributed by atoms with Crippen LogP contribution in [-0.4, -0.2) is 18.9 Å². The van der Waals surface area contributed by atoms with Crippen molar-refractivity contribution in [3.63, 3.8) is 0 Å². The monoisotopic (exact) mass is 352 g/mol. The highest BCUT2D eigenvalue weighted by atomic mass is 19.4. The minimum atomic E-state index is -4.47. The van der Waals surface area contributed by atoms with Crippen molar-refractivity contribution in [2.75, 3.05) is 7.11 Å². The zero-order valence-electron chi connectivity index (χ0n) is 13.2. The molecule has 0 saturated carbocycles. The average Bonchev–Trinajstić information content (AvgIpc) is 2.59. The predicted octanol–water partition coefficient (Wildman–Crippen LogP) is 2.72. The first-order valence-electron chi connectivity index (χ1n) is 7.19. The third-order valence-corrected chi connectivity index (χ3v) is 3.31.